The van der Waals surface area contributed by atoms with Gasteiger partial charge in [-0.2, -0.15) is 0 Å². The van der Waals surface area contributed by atoms with Crippen LogP contribution in [-0.4, -0.2) is 24.9 Å². The van der Waals surface area contributed by atoms with Crippen molar-refractivity contribution in [2.75, 3.05) is 13.2 Å². The van der Waals surface area contributed by atoms with Gasteiger partial charge < -0.3 is 9.47 Å². The van der Waals surface area contributed by atoms with E-state index in [1.54, 1.807) is 0 Å². The molecule has 0 heterocycles. The first kappa shape index (κ1) is 14.9. The molecular weight excluding hydrogens is 188 g/mol. The normalized spacial score (nSPS) is 15.4. The lowest BCUT2D eigenvalue weighted by Gasteiger charge is -2.30. The van der Waals surface area contributed by atoms with Gasteiger partial charge >= 0.3 is 0 Å². The Morgan fingerprint density at radius 2 is 1.53 bits per heavy atom. The molecular formula is C13H28O2. The van der Waals surface area contributed by atoms with Crippen LogP contribution in [0.3, 0.4) is 0 Å². The third-order valence-corrected chi connectivity index (χ3v) is 2.23. The topological polar surface area (TPSA) is 18.5 Å². The van der Waals surface area contributed by atoms with Crippen LogP contribution in [0.1, 0.15) is 54.9 Å². The van der Waals surface area contributed by atoms with Gasteiger partial charge in [-0.1, -0.05) is 20.8 Å². The van der Waals surface area contributed by atoms with Crippen molar-refractivity contribution < 1.29 is 9.47 Å². The van der Waals surface area contributed by atoms with Crippen molar-refractivity contribution in [3.8, 4) is 0 Å². The average Bonchev–Trinajstić information content (AvgIpc) is 2.10. The van der Waals surface area contributed by atoms with Gasteiger partial charge in [0.1, 0.15) is 0 Å². The molecule has 0 radical (unpaired) electrons. The summed E-state index contributed by atoms with van der Waals surface area (Å²) in [6.45, 7) is 16.4. The van der Waals surface area contributed by atoms with Gasteiger partial charge in [-0.3, -0.25) is 0 Å². The molecule has 0 aromatic heterocycles. The van der Waals surface area contributed by atoms with E-state index in [0.29, 0.717) is 6.10 Å². The largest absolute Gasteiger partial charge is 0.378 e. The SMILES string of the molecule is CCC(C)OCC(C)(C)COC(C)(C)C. The monoisotopic (exact) mass is 216 g/mol. The van der Waals surface area contributed by atoms with Crippen molar-refractivity contribution in [1.82, 2.24) is 0 Å². The van der Waals surface area contributed by atoms with Gasteiger partial charge in [0.05, 0.1) is 24.9 Å². The number of hydrogen-bond acceptors (Lipinski definition) is 2. The van der Waals surface area contributed by atoms with E-state index in [2.05, 4.69) is 48.5 Å². The van der Waals surface area contributed by atoms with Crippen LogP contribution in [0.5, 0.6) is 0 Å². The Balaban J connectivity index is 3.86. The Labute approximate surface area is 95.3 Å². The predicted octanol–water partition coefficient (Wildman–Crippen LogP) is 3.64. The van der Waals surface area contributed by atoms with Crippen molar-refractivity contribution in [2.24, 2.45) is 5.41 Å². The Hall–Kier alpha value is -0.0800. The van der Waals surface area contributed by atoms with Gasteiger partial charge in [-0.15, -0.1) is 0 Å². The predicted molar refractivity (Wildman–Crippen MR) is 65.2 cm³/mol. The third-order valence-electron chi connectivity index (χ3n) is 2.23. The van der Waals surface area contributed by atoms with Crippen LogP contribution < -0.4 is 0 Å². The van der Waals surface area contributed by atoms with Gasteiger partial charge in [-0.25, -0.2) is 0 Å². The second-order valence-corrected chi connectivity index (χ2v) is 6.10. The highest BCUT2D eigenvalue weighted by Gasteiger charge is 2.23. The van der Waals surface area contributed by atoms with Gasteiger partial charge in [0.2, 0.25) is 0 Å². The molecule has 0 aliphatic heterocycles. The molecule has 0 aliphatic rings. The lowest BCUT2D eigenvalue weighted by Crippen LogP contribution is -2.32. The molecule has 0 N–H and O–H groups in total. The minimum atomic E-state index is -0.0619. The number of hydrogen-bond donors (Lipinski definition) is 0. The summed E-state index contributed by atoms with van der Waals surface area (Å²) in [5.74, 6) is 0. The Morgan fingerprint density at radius 3 is 1.93 bits per heavy atom. The zero-order chi connectivity index (χ0) is 12.1. The molecule has 15 heavy (non-hydrogen) atoms. The van der Waals surface area contributed by atoms with Crippen molar-refractivity contribution in [3.63, 3.8) is 0 Å². The molecule has 92 valence electrons. The molecule has 0 fully saturated rings. The van der Waals surface area contributed by atoms with E-state index < -0.39 is 0 Å². The van der Waals surface area contributed by atoms with E-state index in [0.717, 1.165) is 19.6 Å². The maximum atomic E-state index is 5.78. The van der Waals surface area contributed by atoms with Crippen molar-refractivity contribution in [3.05, 3.63) is 0 Å². The summed E-state index contributed by atoms with van der Waals surface area (Å²) < 4.78 is 11.5. The van der Waals surface area contributed by atoms with E-state index >= 15 is 0 Å². The molecule has 0 aliphatic carbocycles. The zero-order valence-corrected chi connectivity index (χ0v) is 11.5. The summed E-state index contributed by atoms with van der Waals surface area (Å²) in [4.78, 5) is 0. The molecule has 1 unspecified atom stereocenters. The molecule has 0 rings (SSSR count). The maximum Gasteiger partial charge on any atom is 0.0598 e. The summed E-state index contributed by atoms with van der Waals surface area (Å²) in [6.07, 6.45) is 1.41. The first-order valence-corrected chi connectivity index (χ1v) is 5.92. The average molecular weight is 216 g/mol. The van der Waals surface area contributed by atoms with Crippen LogP contribution in [0.4, 0.5) is 0 Å². The van der Waals surface area contributed by atoms with E-state index in [1.165, 1.54) is 0 Å². The molecule has 2 heteroatoms. The quantitative estimate of drug-likeness (QED) is 0.675. The number of rotatable bonds is 6. The fourth-order valence-electron chi connectivity index (χ4n) is 0.939. The van der Waals surface area contributed by atoms with E-state index in [9.17, 15) is 0 Å². The van der Waals surface area contributed by atoms with Crippen molar-refractivity contribution >= 4 is 0 Å². The highest BCUT2D eigenvalue weighted by molar-refractivity contribution is 4.70. The van der Waals surface area contributed by atoms with Crippen molar-refractivity contribution in [2.45, 2.75) is 66.6 Å². The third kappa shape index (κ3) is 8.88. The van der Waals surface area contributed by atoms with Crippen LogP contribution >= 0.6 is 0 Å². The van der Waals surface area contributed by atoms with Crippen LogP contribution in [0, 0.1) is 5.41 Å². The zero-order valence-electron chi connectivity index (χ0n) is 11.5. The highest BCUT2D eigenvalue weighted by atomic mass is 16.5. The van der Waals surface area contributed by atoms with Gasteiger partial charge in [-0.05, 0) is 34.1 Å². The molecule has 2 nitrogen and oxygen atoms in total. The minimum absolute atomic E-state index is 0.0619. The van der Waals surface area contributed by atoms with Crippen LogP contribution in [0.25, 0.3) is 0 Å². The highest BCUT2D eigenvalue weighted by Crippen LogP contribution is 2.20. The molecule has 0 saturated heterocycles. The first-order chi connectivity index (χ1) is 6.66. The smallest absolute Gasteiger partial charge is 0.0598 e. The Kier molecular flexibility index (Phi) is 5.82. The molecule has 1 atom stereocenters. The van der Waals surface area contributed by atoms with Crippen LogP contribution in [-0.2, 0) is 9.47 Å². The van der Waals surface area contributed by atoms with Gasteiger partial charge in [0.25, 0.3) is 0 Å². The Bertz CT molecular complexity index is 168. The van der Waals surface area contributed by atoms with Gasteiger partial charge in [0.15, 0.2) is 0 Å². The summed E-state index contributed by atoms with van der Waals surface area (Å²) in [5, 5.41) is 0. The molecule has 0 amide bonds. The molecule has 0 aromatic carbocycles. The molecule has 0 bridgehead atoms. The Morgan fingerprint density at radius 1 is 1.00 bits per heavy atom. The summed E-state index contributed by atoms with van der Waals surface area (Å²) >= 11 is 0. The lowest BCUT2D eigenvalue weighted by molar-refractivity contribution is -0.0769. The standard InChI is InChI=1S/C13H28O2/c1-8-11(2)14-9-13(6,7)10-15-12(3,4)5/h11H,8-10H2,1-7H3. The first-order valence-electron chi connectivity index (χ1n) is 5.92. The molecule has 0 aromatic rings. The fourth-order valence-corrected chi connectivity index (χ4v) is 0.939. The van der Waals surface area contributed by atoms with E-state index in [-0.39, 0.29) is 11.0 Å². The van der Waals surface area contributed by atoms with Gasteiger partial charge in [0, 0.05) is 5.41 Å². The van der Waals surface area contributed by atoms with Crippen LogP contribution in [0.2, 0.25) is 0 Å². The van der Waals surface area contributed by atoms with E-state index in [1.807, 2.05) is 0 Å². The van der Waals surface area contributed by atoms with Crippen molar-refractivity contribution in [1.29, 1.82) is 0 Å². The summed E-state index contributed by atoms with van der Waals surface area (Å²) in [6, 6.07) is 0. The second-order valence-electron chi connectivity index (χ2n) is 6.10. The lowest BCUT2D eigenvalue weighted by atomic mass is 9.95. The fraction of sp³-hybridized carbons (Fsp3) is 1.00. The summed E-state index contributed by atoms with van der Waals surface area (Å²) in [5.41, 5.74) is 0.0321. The molecule has 0 saturated carbocycles. The summed E-state index contributed by atoms with van der Waals surface area (Å²) in [7, 11) is 0. The van der Waals surface area contributed by atoms with Crippen LogP contribution in [0.15, 0.2) is 0 Å². The van der Waals surface area contributed by atoms with E-state index in [4.69, 9.17) is 9.47 Å². The second kappa shape index (κ2) is 5.86. The molecule has 0 spiro atoms. The number of ether oxygens (including phenoxy) is 2. The maximum absolute atomic E-state index is 5.78. The minimum Gasteiger partial charge on any atom is -0.378 e.